The van der Waals surface area contributed by atoms with Gasteiger partial charge in [-0.3, -0.25) is 4.84 Å². The fraction of sp³-hybridized carbons (Fsp3) is 0.562. The molecule has 1 rings (SSSR count). The zero-order valence-corrected chi connectivity index (χ0v) is 15.3. The Balaban J connectivity index is 3.08. The molecule has 0 unspecified atom stereocenters. The van der Waals surface area contributed by atoms with Crippen LogP contribution in [0.3, 0.4) is 0 Å². The van der Waals surface area contributed by atoms with E-state index in [4.69, 9.17) is 4.84 Å². The Morgan fingerprint density at radius 2 is 1.55 bits per heavy atom. The van der Waals surface area contributed by atoms with E-state index < -0.39 is 15.6 Å². The Bertz CT molecular complexity index is 633. The maximum atomic E-state index is 12.2. The van der Waals surface area contributed by atoms with Crippen molar-refractivity contribution in [2.75, 3.05) is 7.11 Å². The molecule has 0 aliphatic carbocycles. The summed E-state index contributed by atoms with van der Waals surface area (Å²) in [5.41, 5.74) is 0.169. The predicted octanol–water partition coefficient (Wildman–Crippen LogP) is 2.55. The molecule has 5 nitrogen and oxygen atoms in total. The maximum absolute atomic E-state index is 12.2. The quantitative estimate of drug-likeness (QED) is 0.525. The molecule has 6 heteroatoms. The van der Waals surface area contributed by atoms with Crippen LogP contribution >= 0.6 is 0 Å². The number of nitrogens with one attached hydrogen (secondary N) is 1. The molecule has 0 aliphatic heterocycles. The summed E-state index contributed by atoms with van der Waals surface area (Å²) < 4.78 is 28.8. The minimum Gasteiger partial charge on any atom is -0.280 e. The highest BCUT2D eigenvalue weighted by Crippen LogP contribution is 2.14. The average molecular weight is 327 g/mol. The molecule has 22 heavy (non-hydrogen) atoms. The second-order valence-corrected chi connectivity index (χ2v) is 8.92. The lowest BCUT2D eigenvalue weighted by molar-refractivity contribution is -0.821. The van der Waals surface area contributed by atoms with Crippen molar-refractivity contribution in [3.05, 3.63) is 29.8 Å². The van der Waals surface area contributed by atoms with E-state index in [1.165, 1.54) is 0 Å². The van der Waals surface area contributed by atoms with Crippen molar-refractivity contribution in [1.82, 2.24) is 4.72 Å². The van der Waals surface area contributed by atoms with E-state index in [0.29, 0.717) is 0 Å². The van der Waals surface area contributed by atoms with Crippen molar-refractivity contribution in [3.8, 4) is 0 Å². The molecule has 1 N–H and O–H groups in total. The van der Waals surface area contributed by atoms with Crippen molar-refractivity contribution in [3.63, 3.8) is 0 Å². The van der Waals surface area contributed by atoms with Gasteiger partial charge in [0.1, 0.15) is 7.11 Å². The zero-order chi connectivity index (χ0) is 17.2. The Hall–Kier alpha value is -1.40. The second kappa shape index (κ2) is 6.38. The molecule has 0 aliphatic rings. The highest BCUT2D eigenvalue weighted by Gasteiger charge is 2.26. The van der Waals surface area contributed by atoms with Crippen molar-refractivity contribution in [2.45, 2.75) is 57.5 Å². The molecule has 0 saturated heterocycles. The summed E-state index contributed by atoms with van der Waals surface area (Å²) in [4.78, 5) is 5.58. The van der Waals surface area contributed by atoms with Gasteiger partial charge in [-0.1, -0.05) is 0 Å². The molecule has 0 spiro atoms. The van der Waals surface area contributed by atoms with Gasteiger partial charge in [0.15, 0.2) is 0 Å². The summed E-state index contributed by atoms with van der Waals surface area (Å²) >= 11 is 0. The van der Waals surface area contributed by atoms with Gasteiger partial charge in [0.2, 0.25) is 21.8 Å². The third-order valence-electron chi connectivity index (χ3n) is 2.76. The molecule has 0 amide bonds. The largest absolute Gasteiger partial charge is 0.280 e. The number of hydrogen-bond donors (Lipinski definition) is 1. The molecule has 1 aromatic carbocycles. The van der Waals surface area contributed by atoms with Crippen molar-refractivity contribution in [1.29, 1.82) is 0 Å². The normalized spacial score (nSPS) is 14.0. The molecular weight excluding hydrogens is 300 g/mol. The van der Waals surface area contributed by atoms with Crippen molar-refractivity contribution in [2.24, 2.45) is 0 Å². The second-order valence-electron chi connectivity index (χ2n) is 7.23. The molecule has 0 aromatic heterocycles. The summed E-state index contributed by atoms with van der Waals surface area (Å²) in [7, 11) is -1.90. The van der Waals surface area contributed by atoms with Crippen LogP contribution in [0.25, 0.3) is 0 Å². The SMILES string of the molecule is CO/[N+](=C\c1ccc(S(=O)(=O)NC(C)(C)C)cc1)C(C)(C)C. The third kappa shape index (κ3) is 5.42. The Labute approximate surface area is 134 Å². The van der Waals surface area contributed by atoms with Gasteiger partial charge in [-0.05, 0) is 49.8 Å². The number of hydrogen-bond acceptors (Lipinski definition) is 3. The van der Waals surface area contributed by atoms with Crippen LogP contribution in [-0.4, -0.2) is 37.6 Å². The van der Waals surface area contributed by atoms with E-state index in [2.05, 4.69) is 4.72 Å². The van der Waals surface area contributed by atoms with Crippen molar-refractivity contribution >= 4 is 16.2 Å². The van der Waals surface area contributed by atoms with Crippen LogP contribution in [0, 0.1) is 0 Å². The Morgan fingerprint density at radius 3 is 1.91 bits per heavy atom. The molecular formula is C16H27N2O3S+. The topological polar surface area (TPSA) is 58.4 Å². The fourth-order valence-electron chi connectivity index (χ4n) is 1.85. The summed E-state index contributed by atoms with van der Waals surface area (Å²) in [6, 6.07) is 6.71. The molecule has 0 bridgehead atoms. The van der Waals surface area contributed by atoms with Gasteiger partial charge < -0.3 is 0 Å². The first kappa shape index (κ1) is 18.6. The number of sulfonamides is 1. The molecule has 0 radical (unpaired) electrons. The molecule has 124 valence electrons. The highest BCUT2D eigenvalue weighted by atomic mass is 32.2. The minimum atomic E-state index is -3.51. The molecule has 0 atom stereocenters. The van der Waals surface area contributed by atoms with Gasteiger partial charge >= 0.3 is 0 Å². The molecule has 0 saturated carbocycles. The van der Waals surface area contributed by atoms with E-state index in [0.717, 1.165) is 5.56 Å². The summed E-state index contributed by atoms with van der Waals surface area (Å²) in [6.45, 7) is 11.5. The van der Waals surface area contributed by atoms with Crippen LogP contribution in [-0.2, 0) is 14.9 Å². The van der Waals surface area contributed by atoms with Crippen LogP contribution in [0.4, 0.5) is 0 Å². The highest BCUT2D eigenvalue weighted by molar-refractivity contribution is 7.89. The van der Waals surface area contributed by atoms with Crippen LogP contribution in [0.5, 0.6) is 0 Å². The molecule has 1 aromatic rings. The lowest BCUT2D eigenvalue weighted by Crippen LogP contribution is -2.40. The lowest BCUT2D eigenvalue weighted by Gasteiger charge is -2.20. The lowest BCUT2D eigenvalue weighted by atomic mass is 10.1. The van der Waals surface area contributed by atoms with Gasteiger partial charge in [-0.25, -0.2) is 13.1 Å². The standard InChI is InChI=1S/C16H27N2O3S/c1-15(2,3)17-22(19,20)14-10-8-13(9-11-14)12-18(21-7)16(4,5)6/h8-12,17H,1-7H3/q+1/b18-12-. The van der Waals surface area contributed by atoms with E-state index in [9.17, 15) is 8.42 Å². The maximum Gasteiger partial charge on any atom is 0.241 e. The predicted molar refractivity (Wildman–Crippen MR) is 88.7 cm³/mol. The van der Waals surface area contributed by atoms with Gasteiger partial charge in [-0.2, -0.15) is 0 Å². The van der Waals surface area contributed by atoms with Crippen molar-refractivity contribution < 1.29 is 18.0 Å². The van der Waals surface area contributed by atoms with E-state index >= 15 is 0 Å². The Kier molecular flexibility index (Phi) is 5.41. The van der Waals surface area contributed by atoms with Crippen LogP contribution in [0.2, 0.25) is 0 Å². The number of rotatable bonds is 4. The summed E-state index contributed by atoms with van der Waals surface area (Å²) in [5.74, 6) is 0. The monoisotopic (exact) mass is 327 g/mol. The summed E-state index contributed by atoms with van der Waals surface area (Å²) in [5, 5.41) is 0. The van der Waals surface area contributed by atoms with E-state index in [1.54, 1.807) is 36.1 Å². The Morgan fingerprint density at radius 1 is 1.05 bits per heavy atom. The summed E-state index contributed by atoms with van der Waals surface area (Å²) in [6.07, 6.45) is 1.84. The first-order valence-corrected chi connectivity index (χ1v) is 8.66. The number of nitrogens with zero attached hydrogens (tertiary/aromatic N) is 1. The minimum absolute atomic E-state index is 0.187. The first-order chi connectivity index (χ1) is 9.85. The van der Waals surface area contributed by atoms with E-state index in [1.807, 2.05) is 47.8 Å². The smallest absolute Gasteiger partial charge is 0.241 e. The fourth-order valence-corrected chi connectivity index (χ4v) is 3.27. The van der Waals surface area contributed by atoms with Gasteiger partial charge in [0.05, 0.1) is 4.90 Å². The van der Waals surface area contributed by atoms with Crippen LogP contribution < -0.4 is 4.72 Å². The van der Waals surface area contributed by atoms with Gasteiger partial charge in [-0.15, -0.1) is 0 Å². The third-order valence-corrected chi connectivity index (χ3v) is 4.53. The van der Waals surface area contributed by atoms with Crippen LogP contribution in [0.15, 0.2) is 29.2 Å². The van der Waals surface area contributed by atoms with Gasteiger partial charge in [0, 0.05) is 31.9 Å². The van der Waals surface area contributed by atoms with Gasteiger partial charge in [0.25, 0.3) is 0 Å². The zero-order valence-electron chi connectivity index (χ0n) is 14.5. The molecule has 0 heterocycles. The number of hydroxylamine groups is 1. The van der Waals surface area contributed by atoms with Crippen LogP contribution in [0.1, 0.15) is 47.1 Å². The number of benzene rings is 1. The van der Waals surface area contributed by atoms with E-state index in [-0.39, 0.29) is 10.4 Å². The average Bonchev–Trinajstić information content (AvgIpc) is 2.32. The first-order valence-electron chi connectivity index (χ1n) is 7.17. The molecule has 0 fully saturated rings.